The number of hydrogen-bond donors (Lipinski definition) is 1. The molecule has 2 heterocycles. The Hall–Kier alpha value is -1.32. The van der Waals surface area contributed by atoms with Gasteiger partial charge in [-0.05, 0) is 44.2 Å². The van der Waals surface area contributed by atoms with Gasteiger partial charge in [-0.2, -0.15) is 0 Å². The maximum absolute atomic E-state index is 6.27. The molecule has 1 aliphatic heterocycles. The van der Waals surface area contributed by atoms with Gasteiger partial charge in [-0.3, -0.25) is 0 Å². The summed E-state index contributed by atoms with van der Waals surface area (Å²) >= 11 is 0. The second-order valence-electron chi connectivity index (χ2n) is 5.47. The quantitative estimate of drug-likeness (QED) is 0.914. The van der Waals surface area contributed by atoms with Crippen LogP contribution in [0.2, 0.25) is 0 Å². The Labute approximate surface area is 113 Å². The monoisotopic (exact) mass is 259 g/mol. The topological polar surface area (TPSA) is 48.4 Å². The van der Waals surface area contributed by atoms with Crippen molar-refractivity contribution in [3.05, 3.63) is 35.6 Å². The first kappa shape index (κ1) is 12.7. The fourth-order valence-corrected chi connectivity index (χ4v) is 2.80. The third-order valence-electron chi connectivity index (χ3n) is 3.92. The SMILES string of the molecule is Cc1cccc2cc(C(N)CC3CCCCO3)oc12. The molecule has 0 bridgehead atoms. The molecule has 0 amide bonds. The summed E-state index contributed by atoms with van der Waals surface area (Å²) in [7, 11) is 0. The molecule has 19 heavy (non-hydrogen) atoms. The van der Waals surface area contributed by atoms with E-state index in [0.717, 1.165) is 41.7 Å². The highest BCUT2D eigenvalue weighted by atomic mass is 16.5. The van der Waals surface area contributed by atoms with Crippen molar-refractivity contribution in [1.29, 1.82) is 0 Å². The number of aryl methyl sites for hydroxylation is 1. The first-order valence-electron chi connectivity index (χ1n) is 7.10. The third-order valence-corrected chi connectivity index (χ3v) is 3.92. The Balaban J connectivity index is 1.77. The Kier molecular flexibility index (Phi) is 3.58. The van der Waals surface area contributed by atoms with Crippen molar-refractivity contribution in [2.75, 3.05) is 6.61 Å². The number of rotatable bonds is 3. The average Bonchev–Trinajstić information content (AvgIpc) is 2.85. The molecule has 0 radical (unpaired) electrons. The lowest BCUT2D eigenvalue weighted by Gasteiger charge is -2.24. The maximum atomic E-state index is 6.27. The van der Waals surface area contributed by atoms with E-state index in [1.165, 1.54) is 12.8 Å². The van der Waals surface area contributed by atoms with Crippen molar-refractivity contribution < 1.29 is 9.15 Å². The Bertz CT molecular complexity index is 555. The zero-order valence-electron chi connectivity index (χ0n) is 11.4. The van der Waals surface area contributed by atoms with Crippen LogP contribution in [0, 0.1) is 6.92 Å². The van der Waals surface area contributed by atoms with Crippen molar-refractivity contribution in [3.8, 4) is 0 Å². The van der Waals surface area contributed by atoms with Gasteiger partial charge in [0.05, 0.1) is 12.1 Å². The molecule has 1 aromatic carbocycles. The summed E-state index contributed by atoms with van der Waals surface area (Å²) < 4.78 is 11.7. The van der Waals surface area contributed by atoms with Crippen molar-refractivity contribution in [3.63, 3.8) is 0 Å². The summed E-state index contributed by atoms with van der Waals surface area (Å²) in [5, 5.41) is 1.13. The molecule has 1 saturated heterocycles. The van der Waals surface area contributed by atoms with Gasteiger partial charge in [-0.25, -0.2) is 0 Å². The second kappa shape index (κ2) is 5.35. The highest BCUT2D eigenvalue weighted by Gasteiger charge is 2.20. The van der Waals surface area contributed by atoms with E-state index in [1.54, 1.807) is 0 Å². The van der Waals surface area contributed by atoms with Crippen molar-refractivity contribution >= 4 is 11.0 Å². The largest absolute Gasteiger partial charge is 0.459 e. The van der Waals surface area contributed by atoms with Crippen molar-refractivity contribution in [2.24, 2.45) is 5.73 Å². The Morgan fingerprint density at radius 2 is 2.26 bits per heavy atom. The predicted molar refractivity (Wildman–Crippen MR) is 76.1 cm³/mol. The summed E-state index contributed by atoms with van der Waals surface area (Å²) in [4.78, 5) is 0. The molecule has 3 nitrogen and oxygen atoms in total. The van der Waals surface area contributed by atoms with Crippen LogP contribution in [-0.2, 0) is 4.74 Å². The molecule has 2 unspecified atom stereocenters. The van der Waals surface area contributed by atoms with E-state index >= 15 is 0 Å². The minimum Gasteiger partial charge on any atom is -0.459 e. The summed E-state index contributed by atoms with van der Waals surface area (Å²) in [5.41, 5.74) is 8.38. The van der Waals surface area contributed by atoms with Gasteiger partial charge in [-0.1, -0.05) is 18.2 Å². The number of para-hydroxylation sites is 1. The fraction of sp³-hybridized carbons (Fsp3) is 0.500. The number of hydrogen-bond acceptors (Lipinski definition) is 3. The predicted octanol–water partition coefficient (Wildman–Crippen LogP) is 3.70. The molecule has 0 saturated carbocycles. The molecule has 0 aliphatic carbocycles. The van der Waals surface area contributed by atoms with Gasteiger partial charge in [0.15, 0.2) is 0 Å². The number of nitrogens with two attached hydrogens (primary N) is 1. The molecule has 2 aromatic rings. The first-order valence-corrected chi connectivity index (χ1v) is 7.10. The van der Waals surface area contributed by atoms with E-state index in [4.69, 9.17) is 14.9 Å². The maximum Gasteiger partial charge on any atom is 0.137 e. The van der Waals surface area contributed by atoms with Crippen LogP contribution in [0.25, 0.3) is 11.0 Å². The van der Waals surface area contributed by atoms with E-state index in [0.29, 0.717) is 0 Å². The van der Waals surface area contributed by atoms with E-state index in [2.05, 4.69) is 25.1 Å². The second-order valence-corrected chi connectivity index (χ2v) is 5.47. The summed E-state index contributed by atoms with van der Waals surface area (Å²) in [6.45, 7) is 2.93. The van der Waals surface area contributed by atoms with Gasteiger partial charge in [-0.15, -0.1) is 0 Å². The van der Waals surface area contributed by atoms with Gasteiger partial charge in [0.2, 0.25) is 0 Å². The van der Waals surface area contributed by atoms with Gasteiger partial charge >= 0.3 is 0 Å². The lowest BCUT2D eigenvalue weighted by atomic mass is 10.0. The summed E-state index contributed by atoms with van der Waals surface area (Å²) in [6.07, 6.45) is 4.68. The first-order chi connectivity index (χ1) is 9.24. The molecule has 3 heteroatoms. The molecular formula is C16H21NO2. The highest BCUT2D eigenvalue weighted by molar-refractivity contribution is 5.80. The lowest BCUT2D eigenvalue weighted by molar-refractivity contribution is 0.00628. The Morgan fingerprint density at radius 1 is 1.37 bits per heavy atom. The summed E-state index contributed by atoms with van der Waals surface area (Å²) in [5.74, 6) is 0.874. The van der Waals surface area contributed by atoms with Crippen LogP contribution >= 0.6 is 0 Å². The number of furan rings is 1. The fourth-order valence-electron chi connectivity index (χ4n) is 2.80. The third kappa shape index (κ3) is 2.67. The van der Waals surface area contributed by atoms with E-state index in [9.17, 15) is 0 Å². The number of benzene rings is 1. The summed E-state index contributed by atoms with van der Waals surface area (Å²) in [6, 6.07) is 8.17. The zero-order valence-corrected chi connectivity index (χ0v) is 11.4. The van der Waals surface area contributed by atoms with Crippen molar-refractivity contribution in [2.45, 2.75) is 44.8 Å². The molecule has 102 valence electrons. The van der Waals surface area contributed by atoms with Gasteiger partial charge in [0, 0.05) is 12.0 Å². The molecule has 1 fully saturated rings. The van der Waals surface area contributed by atoms with Crippen LogP contribution in [0.4, 0.5) is 0 Å². The lowest BCUT2D eigenvalue weighted by Crippen LogP contribution is -2.24. The molecule has 2 atom stereocenters. The van der Waals surface area contributed by atoms with Gasteiger partial charge in [0.1, 0.15) is 11.3 Å². The standard InChI is InChI=1S/C16H21NO2/c1-11-5-4-6-12-9-15(19-16(11)12)14(17)10-13-7-2-3-8-18-13/h4-6,9,13-14H,2-3,7-8,10,17H2,1H3. The van der Waals surface area contributed by atoms with Crippen LogP contribution in [-0.4, -0.2) is 12.7 Å². The molecule has 1 aliphatic rings. The van der Waals surface area contributed by atoms with Crippen LogP contribution in [0.5, 0.6) is 0 Å². The van der Waals surface area contributed by atoms with E-state index in [1.807, 2.05) is 6.07 Å². The van der Waals surface area contributed by atoms with Gasteiger partial charge in [0.25, 0.3) is 0 Å². The van der Waals surface area contributed by atoms with E-state index < -0.39 is 0 Å². The molecule has 1 aromatic heterocycles. The van der Waals surface area contributed by atoms with Crippen LogP contribution in [0.15, 0.2) is 28.7 Å². The minimum atomic E-state index is -0.0742. The number of ether oxygens (including phenoxy) is 1. The van der Waals surface area contributed by atoms with Crippen LogP contribution in [0.1, 0.15) is 43.0 Å². The highest BCUT2D eigenvalue weighted by Crippen LogP contribution is 2.29. The molecule has 0 spiro atoms. The van der Waals surface area contributed by atoms with Crippen molar-refractivity contribution in [1.82, 2.24) is 0 Å². The normalized spacial score (nSPS) is 21.7. The smallest absolute Gasteiger partial charge is 0.137 e. The van der Waals surface area contributed by atoms with Gasteiger partial charge < -0.3 is 14.9 Å². The number of fused-ring (bicyclic) bond motifs is 1. The molecule has 2 N–H and O–H groups in total. The minimum absolute atomic E-state index is 0.0742. The van der Waals surface area contributed by atoms with E-state index in [-0.39, 0.29) is 12.1 Å². The van der Waals surface area contributed by atoms with Crippen LogP contribution in [0.3, 0.4) is 0 Å². The van der Waals surface area contributed by atoms with Crippen LogP contribution < -0.4 is 5.73 Å². The average molecular weight is 259 g/mol. The molecule has 3 rings (SSSR count). The molecular weight excluding hydrogens is 238 g/mol. The zero-order chi connectivity index (χ0) is 13.2. The Morgan fingerprint density at radius 3 is 3.00 bits per heavy atom.